The van der Waals surface area contributed by atoms with Crippen molar-refractivity contribution in [2.45, 2.75) is 320 Å². The first-order valence-corrected chi connectivity index (χ1v) is 58.5. The lowest BCUT2D eigenvalue weighted by molar-refractivity contribution is 0.0397. The Morgan fingerprint density at radius 3 is 0.692 bits per heavy atom. The van der Waals surface area contributed by atoms with Gasteiger partial charge in [0.15, 0.2) is 27.6 Å². The summed E-state index contributed by atoms with van der Waals surface area (Å²) in [5.74, 6) is 2.70. The zero-order chi connectivity index (χ0) is 91.1. The summed E-state index contributed by atoms with van der Waals surface area (Å²) in [7, 11) is -5.97. The number of rotatable bonds is 10. The Hall–Kier alpha value is -7.40. The smallest absolute Gasteiger partial charge is 0.153 e. The number of fused-ring (bicyclic) bond motifs is 2. The van der Waals surface area contributed by atoms with E-state index in [1.54, 1.807) is 7.11 Å². The largest absolute Gasteiger partial charge is 0.488 e. The molecule has 1 aliphatic heterocycles. The van der Waals surface area contributed by atoms with Crippen molar-refractivity contribution in [1.29, 1.82) is 0 Å². The molecule has 652 valence electrons. The summed E-state index contributed by atoms with van der Waals surface area (Å²) in [5.41, 5.74) is 9.67. The maximum Gasteiger partial charge on any atom is 0.153 e. The summed E-state index contributed by atoms with van der Waals surface area (Å²) in [6.07, 6.45) is 0. The zero-order valence-electron chi connectivity index (χ0n) is 83.0. The number of methoxy groups -OCH3 is 1. The van der Waals surface area contributed by atoms with Gasteiger partial charge in [0.2, 0.25) is 0 Å². The Balaban J connectivity index is 0.000000267. The lowest BCUT2D eigenvalue weighted by atomic mass is 9.87. The van der Waals surface area contributed by atoms with E-state index in [0.29, 0.717) is 10.6 Å². The SMILES string of the molecule is CC(C)(C)N([Si](C)(C)C)[Si](C)(C)C.CC(C)(C)Oc1ccccc1.CC(C)(C)[Si](C)(C)C.CC(C)(C)[Si](c1ccccc1)(c1ccccc1)c1ccccc1.CC(C)(C)c1ccc(N2c3ccccc3Oc3ccccc32)cc1.CC(C)(C)c1ccc([Si](c2ccc(C(C)(C)C)cc2)(c2ccc(C(C)(C)C)cc2)C(C)(C)C)cc1.COC(C)(C)C. The molecule has 0 unspecified atom stereocenters. The molecule has 0 radical (unpaired) electrons. The molecule has 10 aromatic carbocycles. The topological polar surface area (TPSA) is 34.2 Å². The van der Waals surface area contributed by atoms with Gasteiger partial charge in [0.1, 0.15) is 27.8 Å². The van der Waals surface area contributed by atoms with Crippen molar-refractivity contribution in [2.24, 2.45) is 0 Å². The van der Waals surface area contributed by atoms with Gasteiger partial charge in [-0.05, 0) is 207 Å². The van der Waals surface area contributed by atoms with E-state index in [2.05, 4.69) is 434 Å². The van der Waals surface area contributed by atoms with Crippen LogP contribution in [0.15, 0.2) is 267 Å². The molecule has 0 aromatic heterocycles. The van der Waals surface area contributed by atoms with Crippen molar-refractivity contribution in [1.82, 2.24) is 4.23 Å². The fourth-order valence-electron chi connectivity index (χ4n) is 16.3. The number of anilines is 3. The molecule has 0 saturated carbocycles. The number of hydrogen-bond donors (Lipinski definition) is 0. The Kier molecular flexibility index (Phi) is 34.8. The second-order valence-corrected chi connectivity index (χ2v) is 71.4. The Morgan fingerprint density at radius 2 is 0.492 bits per heavy atom. The molecule has 0 bridgehead atoms. The fraction of sp³-hybridized carbons (Fsp3) is 0.455. The van der Waals surface area contributed by atoms with Gasteiger partial charge in [0.25, 0.3) is 0 Å². The van der Waals surface area contributed by atoms with Gasteiger partial charge >= 0.3 is 0 Å². The highest BCUT2D eigenvalue weighted by Gasteiger charge is 2.51. The molecule has 0 fully saturated rings. The molecule has 0 aliphatic carbocycles. The lowest BCUT2D eigenvalue weighted by Gasteiger charge is -2.52. The first-order valence-electron chi connectivity index (χ1n) is 44.1. The van der Waals surface area contributed by atoms with E-state index in [9.17, 15) is 0 Å². The maximum absolute atomic E-state index is 6.07. The summed E-state index contributed by atoms with van der Waals surface area (Å²) < 4.78 is 19.4. The minimum atomic E-state index is -2.37. The summed E-state index contributed by atoms with van der Waals surface area (Å²) in [5, 5.41) is 9.73. The van der Waals surface area contributed by atoms with Gasteiger partial charge in [-0.15, -0.1) is 0 Å². The predicted octanol–water partition coefficient (Wildman–Crippen LogP) is 29.5. The number of benzene rings is 10. The third kappa shape index (κ3) is 28.6. The second kappa shape index (κ2) is 40.5. The van der Waals surface area contributed by atoms with Crippen LogP contribution >= 0.6 is 0 Å². The van der Waals surface area contributed by atoms with E-state index >= 15 is 0 Å². The lowest BCUT2D eigenvalue weighted by Crippen LogP contribution is -2.72. The summed E-state index contributed by atoms with van der Waals surface area (Å²) in [6, 6.07) is 97.2. The van der Waals surface area contributed by atoms with Crippen LogP contribution in [0.25, 0.3) is 0 Å². The van der Waals surface area contributed by atoms with Crippen molar-refractivity contribution < 1.29 is 14.2 Å². The summed E-state index contributed by atoms with van der Waals surface area (Å²) in [4.78, 5) is 2.26. The van der Waals surface area contributed by atoms with Gasteiger partial charge in [-0.1, -0.05) is 423 Å². The molecular weight excluding hydrogens is 1540 g/mol. The molecule has 10 aromatic rings. The zero-order valence-corrected chi connectivity index (χ0v) is 88.0. The molecule has 1 heterocycles. The molecule has 11 rings (SSSR count). The molecular formula is C110H164N2O3Si5. The minimum Gasteiger partial charge on any atom is -0.488 e. The summed E-state index contributed by atoms with van der Waals surface area (Å²) >= 11 is 0. The van der Waals surface area contributed by atoms with Gasteiger partial charge in [-0.25, -0.2) is 0 Å². The van der Waals surface area contributed by atoms with Crippen molar-refractivity contribution in [2.75, 3.05) is 12.0 Å². The highest BCUT2D eigenvalue weighted by molar-refractivity contribution is 7.14. The first kappa shape index (κ1) is 103. The van der Waals surface area contributed by atoms with Gasteiger partial charge < -0.3 is 23.3 Å². The van der Waals surface area contributed by atoms with Crippen LogP contribution in [0.1, 0.15) is 230 Å². The first-order chi connectivity index (χ1) is 54.7. The van der Waals surface area contributed by atoms with E-state index in [0.717, 1.165) is 34.3 Å². The number of nitrogens with zero attached hydrogens (tertiary/aromatic N) is 2. The van der Waals surface area contributed by atoms with Crippen LogP contribution in [0.2, 0.25) is 74.0 Å². The average molecular weight is 1700 g/mol. The van der Waals surface area contributed by atoms with Crippen LogP contribution in [0.3, 0.4) is 0 Å². The normalized spacial score (nSPS) is 13.2. The molecule has 5 nitrogen and oxygen atoms in total. The van der Waals surface area contributed by atoms with Crippen LogP contribution < -0.4 is 45.5 Å². The molecule has 0 spiro atoms. The molecule has 1 aliphatic rings. The third-order valence-corrected chi connectivity index (χ3v) is 47.1. The van der Waals surface area contributed by atoms with E-state index < -0.39 is 40.7 Å². The van der Waals surface area contributed by atoms with Gasteiger partial charge in [0.05, 0.1) is 17.0 Å². The predicted molar refractivity (Wildman–Crippen MR) is 548 cm³/mol. The Bertz CT molecular complexity index is 4350. The molecule has 10 heteroatoms. The number of para-hydroxylation sites is 5. The Labute approximate surface area is 740 Å². The van der Waals surface area contributed by atoms with Crippen LogP contribution in [0.5, 0.6) is 17.2 Å². The van der Waals surface area contributed by atoms with Crippen molar-refractivity contribution >= 4 is 88.9 Å². The van der Waals surface area contributed by atoms with Crippen LogP contribution in [-0.2, 0) is 26.4 Å². The van der Waals surface area contributed by atoms with E-state index in [1.165, 1.54) is 53.4 Å². The van der Waals surface area contributed by atoms with E-state index in [-0.39, 0.29) is 42.9 Å². The fourth-order valence-corrected chi connectivity index (χ4v) is 39.6. The van der Waals surface area contributed by atoms with Crippen LogP contribution in [0.4, 0.5) is 17.1 Å². The van der Waals surface area contributed by atoms with Crippen LogP contribution in [0, 0.1) is 0 Å². The van der Waals surface area contributed by atoms with E-state index in [4.69, 9.17) is 14.2 Å². The van der Waals surface area contributed by atoms with Gasteiger partial charge in [-0.3, -0.25) is 0 Å². The maximum atomic E-state index is 6.07. The average Bonchev–Trinajstić information content (AvgIpc) is 0.725. The standard InChI is InChI=1S/C34H48Si.C22H21NO.C22H24Si.C10H27NSi2.C10H14O.C7H18Si.C5H12O/c1-31(2,3)25-13-19-28(20-14-25)35(34(10,11)12,29-21-15-26(16-22-29)32(4,5)6)30-23-17-27(18-24-30)33(7,8)9;1-22(2,3)16-12-14-17(15-13-16)23-18-8-4-6-10-20(18)24-21-11-7-5-9-19(21)23;1-22(2,3)23(19-13-7-4-8-14-19,20-15-9-5-10-16-20)21-17-11-6-12-18-21;1-10(2,3)11(12(4,5)6)13(7,8)9;1-10(2,3)11-9-7-5-4-6-8-9;1-7(2,3)8(4,5)6;1-5(2,3)6-4/h13-24H,1-12H3;4-15H,1-3H3;4-18H,1-3H3;1-9H3;4-8H,1-3H3;1-6H3;1-4H3. The molecule has 120 heavy (non-hydrogen) atoms. The van der Waals surface area contributed by atoms with Crippen LogP contribution in [-0.4, -0.2) is 68.8 Å². The van der Waals surface area contributed by atoms with Crippen molar-refractivity contribution in [3.63, 3.8) is 0 Å². The highest BCUT2D eigenvalue weighted by Crippen LogP contribution is 2.50. The van der Waals surface area contributed by atoms with E-state index in [1.807, 2.05) is 108 Å². The van der Waals surface area contributed by atoms with Crippen molar-refractivity contribution in [3.05, 3.63) is 289 Å². The molecule has 0 N–H and O–H groups in total. The van der Waals surface area contributed by atoms with Gasteiger partial charge in [-0.2, -0.15) is 0 Å². The number of hydrogen-bond acceptors (Lipinski definition) is 5. The highest BCUT2D eigenvalue weighted by atomic mass is 28.4. The number of ether oxygens (including phenoxy) is 3. The van der Waals surface area contributed by atoms with Gasteiger partial charge in [0, 0.05) is 20.9 Å². The third-order valence-electron chi connectivity index (χ3n) is 22.9. The quantitative estimate of drug-likeness (QED) is 0.101. The Morgan fingerprint density at radius 1 is 0.267 bits per heavy atom. The second-order valence-electron chi connectivity index (χ2n) is 45.9. The summed E-state index contributed by atoms with van der Waals surface area (Å²) in [6.45, 7) is 90.1. The van der Waals surface area contributed by atoms with Crippen molar-refractivity contribution in [3.8, 4) is 17.2 Å². The molecule has 0 atom stereocenters. The minimum absolute atomic E-state index is 0.0417. The monoisotopic (exact) mass is 1700 g/mol. The molecule has 0 saturated heterocycles. The molecule has 0 amide bonds.